The van der Waals surface area contributed by atoms with Crippen LogP contribution in [-0.4, -0.2) is 47.8 Å². The number of rotatable bonds is 7. The second kappa shape index (κ2) is 7.38. The molecular formula is C14H25N3O3S. The lowest BCUT2D eigenvalue weighted by Crippen LogP contribution is -2.32. The highest BCUT2D eigenvalue weighted by Gasteiger charge is 2.25. The highest BCUT2D eigenvalue weighted by molar-refractivity contribution is 7.89. The molecule has 2 rings (SSSR count). The third kappa shape index (κ3) is 4.28. The Morgan fingerprint density at radius 3 is 2.76 bits per heavy atom. The molecule has 0 bridgehead atoms. The van der Waals surface area contributed by atoms with Gasteiger partial charge in [-0.1, -0.05) is 19.3 Å². The first-order valence-electron chi connectivity index (χ1n) is 7.63. The Morgan fingerprint density at radius 2 is 2.10 bits per heavy atom. The molecule has 120 valence electrons. The third-order valence-electron chi connectivity index (χ3n) is 4.10. The van der Waals surface area contributed by atoms with Gasteiger partial charge in [0.2, 0.25) is 10.0 Å². The van der Waals surface area contributed by atoms with Crippen molar-refractivity contribution >= 4 is 10.0 Å². The zero-order chi connectivity index (χ0) is 15.3. The molecule has 0 aromatic carbocycles. The summed E-state index contributed by atoms with van der Waals surface area (Å²) in [7, 11) is -1.81. The van der Waals surface area contributed by atoms with Gasteiger partial charge in [0.25, 0.3) is 0 Å². The number of hydrogen-bond acceptors (Lipinski definition) is 4. The van der Waals surface area contributed by atoms with Crippen LogP contribution in [-0.2, 0) is 16.6 Å². The van der Waals surface area contributed by atoms with E-state index in [1.165, 1.54) is 29.8 Å². The molecule has 1 aromatic rings. The number of aliphatic hydroxyl groups is 1. The first-order valence-corrected chi connectivity index (χ1v) is 9.07. The van der Waals surface area contributed by atoms with E-state index in [1.807, 2.05) is 0 Å². The summed E-state index contributed by atoms with van der Waals surface area (Å²) in [4.78, 5) is 0.235. The second-order valence-electron chi connectivity index (χ2n) is 5.81. The van der Waals surface area contributed by atoms with Crippen molar-refractivity contribution in [1.82, 2.24) is 14.1 Å². The van der Waals surface area contributed by atoms with Gasteiger partial charge in [0.15, 0.2) is 0 Å². The van der Waals surface area contributed by atoms with E-state index in [1.54, 1.807) is 17.9 Å². The fourth-order valence-corrected chi connectivity index (χ4v) is 4.05. The average Bonchev–Trinajstić information content (AvgIpc) is 2.95. The summed E-state index contributed by atoms with van der Waals surface area (Å²) in [5, 5.41) is 12.8. The van der Waals surface area contributed by atoms with Crippen molar-refractivity contribution in [3.63, 3.8) is 0 Å². The van der Waals surface area contributed by atoms with Crippen LogP contribution in [0.15, 0.2) is 17.3 Å². The van der Waals surface area contributed by atoms with Gasteiger partial charge in [-0.05, 0) is 25.2 Å². The minimum Gasteiger partial charge on any atom is -0.396 e. The molecule has 0 atom stereocenters. The van der Waals surface area contributed by atoms with E-state index in [9.17, 15) is 8.42 Å². The SMILES string of the molecule is CN(CC1CCCCC1)S(=O)(=O)c1cnn(CCCO)c1. The predicted octanol–water partition coefficient (Wildman–Crippen LogP) is 1.47. The first-order chi connectivity index (χ1) is 10.0. The lowest BCUT2D eigenvalue weighted by Gasteiger charge is -2.26. The summed E-state index contributed by atoms with van der Waals surface area (Å²) in [5.74, 6) is 0.475. The molecule has 1 saturated carbocycles. The Hall–Kier alpha value is -0.920. The van der Waals surface area contributed by atoms with Crippen molar-refractivity contribution in [3.8, 4) is 0 Å². The van der Waals surface area contributed by atoms with Gasteiger partial charge in [-0.15, -0.1) is 0 Å². The van der Waals surface area contributed by atoms with E-state index in [0.717, 1.165) is 12.8 Å². The van der Waals surface area contributed by atoms with Crippen LogP contribution in [0.2, 0.25) is 0 Å². The van der Waals surface area contributed by atoms with Gasteiger partial charge >= 0.3 is 0 Å². The van der Waals surface area contributed by atoms with E-state index in [4.69, 9.17) is 5.11 Å². The Labute approximate surface area is 126 Å². The molecule has 0 spiro atoms. The van der Waals surface area contributed by atoms with Gasteiger partial charge in [-0.25, -0.2) is 12.7 Å². The van der Waals surface area contributed by atoms with Crippen LogP contribution in [0.1, 0.15) is 38.5 Å². The van der Waals surface area contributed by atoms with Gasteiger partial charge in [-0.3, -0.25) is 4.68 Å². The van der Waals surface area contributed by atoms with Crippen LogP contribution in [0.5, 0.6) is 0 Å². The minimum atomic E-state index is -3.46. The smallest absolute Gasteiger partial charge is 0.245 e. The molecule has 21 heavy (non-hydrogen) atoms. The number of sulfonamides is 1. The van der Waals surface area contributed by atoms with Crippen molar-refractivity contribution in [2.45, 2.75) is 50.0 Å². The standard InChI is InChI=1S/C14H25N3O3S/c1-16(11-13-6-3-2-4-7-13)21(19,20)14-10-15-17(12-14)8-5-9-18/h10,12-13,18H,2-9,11H2,1H3. The van der Waals surface area contributed by atoms with Crippen LogP contribution in [0, 0.1) is 5.92 Å². The van der Waals surface area contributed by atoms with E-state index >= 15 is 0 Å². The maximum Gasteiger partial charge on any atom is 0.245 e. The molecule has 1 aromatic heterocycles. The molecular weight excluding hydrogens is 290 g/mol. The molecule has 6 nitrogen and oxygen atoms in total. The van der Waals surface area contributed by atoms with E-state index in [2.05, 4.69) is 5.10 Å². The molecule has 1 aliphatic rings. The summed E-state index contributed by atoms with van der Waals surface area (Å²) >= 11 is 0. The molecule has 1 N–H and O–H groups in total. The van der Waals surface area contributed by atoms with E-state index < -0.39 is 10.0 Å². The Balaban J connectivity index is 2.00. The number of aromatic nitrogens is 2. The molecule has 0 unspecified atom stereocenters. The lowest BCUT2D eigenvalue weighted by molar-refractivity contribution is 0.277. The Kier molecular flexibility index (Phi) is 5.78. The summed E-state index contributed by atoms with van der Waals surface area (Å²) in [6, 6.07) is 0. The molecule has 1 aliphatic carbocycles. The van der Waals surface area contributed by atoms with Crippen LogP contribution < -0.4 is 0 Å². The van der Waals surface area contributed by atoms with Crippen LogP contribution >= 0.6 is 0 Å². The highest BCUT2D eigenvalue weighted by atomic mass is 32.2. The fourth-order valence-electron chi connectivity index (χ4n) is 2.84. The van der Waals surface area contributed by atoms with Crippen molar-refractivity contribution < 1.29 is 13.5 Å². The third-order valence-corrected chi connectivity index (χ3v) is 5.88. The number of aryl methyl sites for hydroxylation is 1. The van der Waals surface area contributed by atoms with Crippen molar-refractivity contribution in [2.24, 2.45) is 5.92 Å². The van der Waals surface area contributed by atoms with E-state index in [0.29, 0.717) is 25.4 Å². The molecule has 7 heteroatoms. The number of hydrogen-bond donors (Lipinski definition) is 1. The summed E-state index contributed by atoms with van der Waals surface area (Å²) < 4.78 is 28.1. The maximum absolute atomic E-state index is 12.5. The van der Waals surface area contributed by atoms with Crippen LogP contribution in [0.3, 0.4) is 0 Å². The molecule has 1 heterocycles. The average molecular weight is 315 g/mol. The fraction of sp³-hybridized carbons (Fsp3) is 0.786. The first kappa shape index (κ1) is 16.5. The van der Waals surface area contributed by atoms with Crippen molar-refractivity contribution in [2.75, 3.05) is 20.2 Å². The van der Waals surface area contributed by atoms with Gasteiger partial charge in [-0.2, -0.15) is 5.10 Å². The van der Waals surface area contributed by atoms with Crippen molar-refractivity contribution in [3.05, 3.63) is 12.4 Å². The van der Waals surface area contributed by atoms with E-state index in [-0.39, 0.29) is 11.5 Å². The van der Waals surface area contributed by atoms with Gasteiger partial charge in [0, 0.05) is 32.9 Å². The zero-order valence-corrected chi connectivity index (χ0v) is 13.4. The quantitative estimate of drug-likeness (QED) is 0.826. The summed E-state index contributed by atoms with van der Waals surface area (Å²) in [6.45, 7) is 1.19. The monoisotopic (exact) mass is 315 g/mol. The number of nitrogens with zero attached hydrogens (tertiary/aromatic N) is 3. The molecule has 0 aliphatic heterocycles. The summed E-state index contributed by atoms with van der Waals surface area (Å²) in [6.07, 6.45) is 9.43. The molecule has 1 fully saturated rings. The Morgan fingerprint density at radius 1 is 1.38 bits per heavy atom. The molecule has 0 amide bonds. The lowest BCUT2D eigenvalue weighted by atomic mass is 9.89. The predicted molar refractivity (Wildman–Crippen MR) is 80.3 cm³/mol. The Bertz CT molecular complexity index is 535. The second-order valence-corrected chi connectivity index (χ2v) is 7.85. The van der Waals surface area contributed by atoms with Gasteiger partial charge < -0.3 is 5.11 Å². The maximum atomic E-state index is 12.5. The topological polar surface area (TPSA) is 75.4 Å². The van der Waals surface area contributed by atoms with Gasteiger partial charge in [0.05, 0.1) is 6.20 Å². The minimum absolute atomic E-state index is 0.0729. The van der Waals surface area contributed by atoms with Gasteiger partial charge in [0.1, 0.15) is 4.90 Å². The zero-order valence-electron chi connectivity index (χ0n) is 12.6. The largest absolute Gasteiger partial charge is 0.396 e. The normalized spacial score (nSPS) is 17.5. The van der Waals surface area contributed by atoms with Crippen LogP contribution in [0.4, 0.5) is 0 Å². The molecule has 0 saturated heterocycles. The number of aliphatic hydroxyl groups excluding tert-OH is 1. The summed E-state index contributed by atoms with van der Waals surface area (Å²) in [5.41, 5.74) is 0. The molecule has 0 radical (unpaired) electrons. The van der Waals surface area contributed by atoms with Crippen molar-refractivity contribution in [1.29, 1.82) is 0 Å². The van der Waals surface area contributed by atoms with Crippen LogP contribution in [0.25, 0.3) is 0 Å². The highest BCUT2D eigenvalue weighted by Crippen LogP contribution is 2.25.